The first-order valence-electron chi connectivity index (χ1n) is 10.5. The molecule has 1 aromatic heterocycles. The highest BCUT2D eigenvalue weighted by Gasteiger charge is 2.15. The highest BCUT2D eigenvalue weighted by Crippen LogP contribution is 2.28. The van der Waals surface area contributed by atoms with E-state index in [-0.39, 0.29) is 18.0 Å². The Morgan fingerprint density at radius 2 is 1.59 bits per heavy atom. The first kappa shape index (κ1) is 21.4. The normalized spacial score (nSPS) is 11.4. The van der Waals surface area contributed by atoms with Crippen LogP contribution in [-0.4, -0.2) is 23.0 Å². The number of aliphatic imine (C=N–C) groups is 1. The standard InChI is InChI=1S/C27H26N2O3/c1-17-13-18(2)25(19(3)14-17)28-15-24-22-7-5-6-8-23(22)26(30)29(27(24)31)16-20-9-11-21(32-4)12-10-20/h5-15,31H,16H2,1-4H3. The lowest BCUT2D eigenvalue weighted by Crippen LogP contribution is -2.22. The minimum Gasteiger partial charge on any atom is -0.497 e. The lowest BCUT2D eigenvalue weighted by molar-refractivity contribution is 0.412. The molecule has 162 valence electrons. The molecule has 0 fully saturated rings. The molecular weight excluding hydrogens is 400 g/mol. The van der Waals surface area contributed by atoms with Crippen LogP contribution in [-0.2, 0) is 6.54 Å². The second-order valence-corrected chi connectivity index (χ2v) is 8.03. The van der Waals surface area contributed by atoms with Crippen LogP contribution in [0.4, 0.5) is 5.69 Å². The molecule has 1 heterocycles. The monoisotopic (exact) mass is 426 g/mol. The van der Waals surface area contributed by atoms with Gasteiger partial charge in [-0.2, -0.15) is 0 Å². The number of benzene rings is 3. The van der Waals surface area contributed by atoms with Gasteiger partial charge in [0, 0.05) is 17.0 Å². The van der Waals surface area contributed by atoms with Gasteiger partial charge in [-0.05, 0) is 55.7 Å². The SMILES string of the molecule is COc1ccc(Cn2c(O)c(C=Nc3c(C)cc(C)cc3C)c3ccccc3c2=O)cc1. The molecule has 0 saturated heterocycles. The summed E-state index contributed by atoms with van der Waals surface area (Å²) in [4.78, 5) is 17.9. The van der Waals surface area contributed by atoms with Gasteiger partial charge in [-0.15, -0.1) is 0 Å². The van der Waals surface area contributed by atoms with E-state index in [0.29, 0.717) is 16.3 Å². The highest BCUT2D eigenvalue weighted by molar-refractivity contribution is 6.02. The van der Waals surface area contributed by atoms with Gasteiger partial charge >= 0.3 is 0 Å². The van der Waals surface area contributed by atoms with Crippen molar-refractivity contribution in [3.63, 3.8) is 0 Å². The van der Waals surface area contributed by atoms with Gasteiger partial charge in [0.05, 0.1) is 24.9 Å². The zero-order valence-corrected chi connectivity index (χ0v) is 18.7. The highest BCUT2D eigenvalue weighted by atomic mass is 16.5. The number of methoxy groups -OCH3 is 1. The minimum atomic E-state index is -0.242. The Hall–Kier alpha value is -3.86. The third-order valence-electron chi connectivity index (χ3n) is 5.65. The van der Waals surface area contributed by atoms with Gasteiger partial charge in [-0.3, -0.25) is 14.4 Å². The number of hydrogen-bond donors (Lipinski definition) is 1. The first-order valence-corrected chi connectivity index (χ1v) is 10.5. The zero-order chi connectivity index (χ0) is 22.8. The number of fused-ring (bicyclic) bond motifs is 1. The van der Waals surface area contributed by atoms with Crippen LogP contribution in [0.5, 0.6) is 11.6 Å². The molecule has 1 N–H and O–H groups in total. The third-order valence-corrected chi connectivity index (χ3v) is 5.65. The molecule has 4 aromatic rings. The molecule has 3 aromatic carbocycles. The van der Waals surface area contributed by atoms with Crippen molar-refractivity contribution in [1.82, 2.24) is 4.57 Å². The van der Waals surface area contributed by atoms with Crippen molar-refractivity contribution in [2.24, 2.45) is 4.99 Å². The van der Waals surface area contributed by atoms with Crippen LogP contribution in [0.3, 0.4) is 0 Å². The maximum absolute atomic E-state index is 13.2. The van der Waals surface area contributed by atoms with Crippen molar-refractivity contribution < 1.29 is 9.84 Å². The van der Waals surface area contributed by atoms with E-state index in [1.807, 2.05) is 56.3 Å². The molecule has 0 unspecified atom stereocenters. The largest absolute Gasteiger partial charge is 0.497 e. The molecule has 0 atom stereocenters. The zero-order valence-electron chi connectivity index (χ0n) is 18.7. The summed E-state index contributed by atoms with van der Waals surface area (Å²) < 4.78 is 6.60. The maximum Gasteiger partial charge on any atom is 0.261 e. The van der Waals surface area contributed by atoms with Gasteiger partial charge in [0.2, 0.25) is 5.88 Å². The van der Waals surface area contributed by atoms with Gasteiger partial charge in [0.25, 0.3) is 5.56 Å². The summed E-state index contributed by atoms with van der Waals surface area (Å²) in [6, 6.07) is 18.9. The minimum absolute atomic E-state index is 0.101. The Labute approximate surface area is 187 Å². The van der Waals surface area contributed by atoms with Crippen molar-refractivity contribution in [2.45, 2.75) is 27.3 Å². The second-order valence-electron chi connectivity index (χ2n) is 8.03. The van der Waals surface area contributed by atoms with Crippen LogP contribution in [0, 0.1) is 20.8 Å². The molecular formula is C27H26N2O3. The smallest absolute Gasteiger partial charge is 0.261 e. The summed E-state index contributed by atoms with van der Waals surface area (Å²) in [5.41, 5.74) is 5.34. The summed E-state index contributed by atoms with van der Waals surface area (Å²) >= 11 is 0. The van der Waals surface area contributed by atoms with Gasteiger partial charge in [-0.25, -0.2) is 0 Å². The molecule has 5 heteroatoms. The number of nitrogens with zero attached hydrogens (tertiary/aromatic N) is 2. The average molecular weight is 427 g/mol. The number of ether oxygens (including phenoxy) is 1. The fraction of sp³-hybridized carbons (Fsp3) is 0.185. The molecule has 0 bridgehead atoms. The van der Waals surface area contributed by atoms with E-state index in [9.17, 15) is 9.90 Å². The number of rotatable bonds is 5. The predicted molar refractivity (Wildman–Crippen MR) is 130 cm³/mol. The predicted octanol–water partition coefficient (Wildman–Crippen LogP) is 5.44. The summed E-state index contributed by atoms with van der Waals surface area (Å²) in [5.74, 6) is 0.635. The quantitative estimate of drug-likeness (QED) is 0.432. The van der Waals surface area contributed by atoms with Crippen LogP contribution in [0.15, 0.2) is 70.5 Å². The van der Waals surface area contributed by atoms with Gasteiger partial charge in [-0.1, -0.05) is 48.0 Å². The molecule has 0 amide bonds. The van der Waals surface area contributed by atoms with E-state index >= 15 is 0 Å². The van der Waals surface area contributed by atoms with E-state index in [1.165, 1.54) is 10.1 Å². The van der Waals surface area contributed by atoms with E-state index in [2.05, 4.69) is 19.1 Å². The first-order chi connectivity index (χ1) is 15.4. The van der Waals surface area contributed by atoms with Gasteiger partial charge in [0.1, 0.15) is 5.75 Å². The molecule has 0 spiro atoms. The Balaban J connectivity index is 1.86. The van der Waals surface area contributed by atoms with Crippen LogP contribution >= 0.6 is 0 Å². The number of aryl methyl sites for hydroxylation is 3. The van der Waals surface area contributed by atoms with Crippen LogP contribution < -0.4 is 10.3 Å². The van der Waals surface area contributed by atoms with Crippen LogP contribution in [0.25, 0.3) is 10.8 Å². The molecule has 0 saturated carbocycles. The maximum atomic E-state index is 13.2. The third kappa shape index (κ3) is 4.02. The molecule has 0 aliphatic heterocycles. The number of hydrogen-bond acceptors (Lipinski definition) is 4. The van der Waals surface area contributed by atoms with E-state index in [4.69, 9.17) is 9.73 Å². The van der Waals surface area contributed by atoms with E-state index < -0.39 is 0 Å². The lowest BCUT2D eigenvalue weighted by Gasteiger charge is -2.14. The second kappa shape index (κ2) is 8.71. The van der Waals surface area contributed by atoms with E-state index in [0.717, 1.165) is 28.1 Å². The molecule has 0 aliphatic carbocycles. The Bertz CT molecular complexity index is 1360. The van der Waals surface area contributed by atoms with Gasteiger partial charge < -0.3 is 9.84 Å². The topological polar surface area (TPSA) is 63.8 Å². The summed E-state index contributed by atoms with van der Waals surface area (Å²) in [6.07, 6.45) is 1.66. The molecule has 0 radical (unpaired) electrons. The summed E-state index contributed by atoms with van der Waals surface area (Å²) in [5, 5.41) is 12.4. The number of aromatic hydroxyl groups is 1. The van der Waals surface area contributed by atoms with Crippen LogP contribution in [0.1, 0.15) is 27.8 Å². The number of aromatic nitrogens is 1. The summed E-state index contributed by atoms with van der Waals surface area (Å²) in [6.45, 7) is 6.34. The van der Waals surface area contributed by atoms with Crippen LogP contribution in [0.2, 0.25) is 0 Å². The molecule has 32 heavy (non-hydrogen) atoms. The lowest BCUT2D eigenvalue weighted by atomic mass is 10.0. The van der Waals surface area contributed by atoms with Crippen molar-refractivity contribution in [3.05, 3.63) is 98.8 Å². The van der Waals surface area contributed by atoms with Crippen molar-refractivity contribution in [1.29, 1.82) is 0 Å². The van der Waals surface area contributed by atoms with Crippen molar-refractivity contribution in [2.75, 3.05) is 7.11 Å². The van der Waals surface area contributed by atoms with Crippen molar-refractivity contribution >= 4 is 22.7 Å². The fourth-order valence-electron chi connectivity index (χ4n) is 4.10. The Morgan fingerprint density at radius 3 is 2.22 bits per heavy atom. The Morgan fingerprint density at radius 1 is 0.969 bits per heavy atom. The fourth-order valence-corrected chi connectivity index (χ4v) is 4.10. The molecule has 5 nitrogen and oxygen atoms in total. The molecule has 0 aliphatic rings. The Kier molecular flexibility index (Phi) is 5.82. The molecule has 4 rings (SSSR count). The summed E-state index contributed by atoms with van der Waals surface area (Å²) in [7, 11) is 1.61. The average Bonchev–Trinajstić information content (AvgIpc) is 2.78. The van der Waals surface area contributed by atoms with Crippen molar-refractivity contribution in [3.8, 4) is 11.6 Å². The van der Waals surface area contributed by atoms with E-state index in [1.54, 1.807) is 19.4 Å². The van der Waals surface area contributed by atoms with Gasteiger partial charge in [0.15, 0.2) is 0 Å². The number of pyridine rings is 1.